The molecule has 4 nitrogen and oxygen atoms in total. The standard InChI is InChI=1S/C6H6N4.C2H6/c1-8-6-4-9-3-5(2-7)10-6;1-2/h3-4H,1H3,(H,8,10);1-2H3. The van der Waals surface area contributed by atoms with Crippen molar-refractivity contribution in [2.45, 2.75) is 13.8 Å². The second kappa shape index (κ2) is 6.10. The van der Waals surface area contributed by atoms with Crippen LogP contribution in [0, 0.1) is 11.3 Å². The summed E-state index contributed by atoms with van der Waals surface area (Å²) in [6.07, 6.45) is 2.97. The van der Waals surface area contributed by atoms with Gasteiger partial charge < -0.3 is 5.32 Å². The first kappa shape index (κ1) is 10.4. The van der Waals surface area contributed by atoms with Crippen molar-refractivity contribution in [2.24, 2.45) is 0 Å². The molecule has 4 heteroatoms. The highest BCUT2D eigenvalue weighted by Gasteiger charge is 1.92. The molecule has 0 bridgehead atoms. The summed E-state index contributed by atoms with van der Waals surface area (Å²) >= 11 is 0. The third kappa shape index (κ3) is 2.97. The molecular weight excluding hydrogens is 152 g/mol. The van der Waals surface area contributed by atoms with Crippen LogP contribution in [0.15, 0.2) is 12.4 Å². The Morgan fingerprint density at radius 2 is 2.08 bits per heavy atom. The number of nitrogens with one attached hydrogen (secondary N) is 1. The smallest absolute Gasteiger partial charge is 0.161 e. The highest BCUT2D eigenvalue weighted by atomic mass is 15.0. The van der Waals surface area contributed by atoms with Crippen molar-refractivity contribution in [3.8, 4) is 6.07 Å². The number of hydrogen-bond acceptors (Lipinski definition) is 4. The van der Waals surface area contributed by atoms with Gasteiger partial charge in [-0.2, -0.15) is 5.26 Å². The van der Waals surface area contributed by atoms with Crippen molar-refractivity contribution < 1.29 is 0 Å². The van der Waals surface area contributed by atoms with Gasteiger partial charge in [0, 0.05) is 7.05 Å². The molecule has 12 heavy (non-hydrogen) atoms. The summed E-state index contributed by atoms with van der Waals surface area (Å²) in [7, 11) is 1.73. The minimum atomic E-state index is 0.326. The van der Waals surface area contributed by atoms with Gasteiger partial charge in [0.05, 0.1) is 12.4 Å². The molecule has 0 fully saturated rings. The summed E-state index contributed by atoms with van der Waals surface area (Å²) in [6, 6.07) is 1.89. The van der Waals surface area contributed by atoms with E-state index in [2.05, 4.69) is 15.3 Å². The number of rotatable bonds is 1. The van der Waals surface area contributed by atoms with E-state index in [-0.39, 0.29) is 0 Å². The molecule has 0 amide bonds. The molecule has 0 saturated heterocycles. The molecular formula is C8H12N4. The Morgan fingerprint density at radius 3 is 2.58 bits per heavy atom. The van der Waals surface area contributed by atoms with Gasteiger partial charge in [-0.3, -0.25) is 4.98 Å². The lowest BCUT2D eigenvalue weighted by Crippen LogP contribution is -1.94. The topological polar surface area (TPSA) is 61.6 Å². The van der Waals surface area contributed by atoms with E-state index < -0.39 is 0 Å². The lowest BCUT2D eigenvalue weighted by molar-refractivity contribution is 1.15. The van der Waals surface area contributed by atoms with E-state index in [1.165, 1.54) is 6.20 Å². The van der Waals surface area contributed by atoms with Crippen molar-refractivity contribution in [1.29, 1.82) is 5.26 Å². The highest BCUT2D eigenvalue weighted by molar-refractivity contribution is 5.33. The number of anilines is 1. The van der Waals surface area contributed by atoms with Gasteiger partial charge in [0.1, 0.15) is 11.9 Å². The van der Waals surface area contributed by atoms with E-state index in [1.807, 2.05) is 19.9 Å². The average Bonchev–Trinajstić information content (AvgIpc) is 2.21. The van der Waals surface area contributed by atoms with Crippen LogP contribution in [0.1, 0.15) is 19.5 Å². The largest absolute Gasteiger partial charge is 0.372 e. The maximum Gasteiger partial charge on any atom is 0.161 e. The average molecular weight is 164 g/mol. The summed E-state index contributed by atoms with van der Waals surface area (Å²) in [5.74, 6) is 0.610. The molecule has 1 heterocycles. The van der Waals surface area contributed by atoms with E-state index in [0.29, 0.717) is 11.5 Å². The van der Waals surface area contributed by atoms with Crippen molar-refractivity contribution in [3.05, 3.63) is 18.1 Å². The molecule has 0 spiro atoms. The van der Waals surface area contributed by atoms with E-state index in [9.17, 15) is 0 Å². The van der Waals surface area contributed by atoms with Crippen molar-refractivity contribution in [2.75, 3.05) is 12.4 Å². The van der Waals surface area contributed by atoms with Gasteiger partial charge in [-0.1, -0.05) is 13.8 Å². The zero-order chi connectivity index (χ0) is 9.40. The summed E-state index contributed by atoms with van der Waals surface area (Å²) in [6.45, 7) is 4.00. The van der Waals surface area contributed by atoms with E-state index in [0.717, 1.165) is 0 Å². The Labute approximate surface area is 72.3 Å². The Balaban J connectivity index is 0.000000561. The molecule has 0 atom stereocenters. The fraction of sp³-hybridized carbons (Fsp3) is 0.375. The number of hydrogen-bond donors (Lipinski definition) is 1. The molecule has 1 N–H and O–H groups in total. The zero-order valence-corrected chi connectivity index (χ0v) is 7.50. The van der Waals surface area contributed by atoms with Crippen LogP contribution in [0.2, 0.25) is 0 Å². The monoisotopic (exact) mass is 164 g/mol. The first-order valence-corrected chi connectivity index (χ1v) is 3.76. The van der Waals surface area contributed by atoms with Gasteiger partial charge >= 0.3 is 0 Å². The molecule has 0 aromatic carbocycles. The molecule has 0 aliphatic heterocycles. The van der Waals surface area contributed by atoms with Gasteiger partial charge in [0.2, 0.25) is 0 Å². The van der Waals surface area contributed by atoms with Crippen LogP contribution in [0.3, 0.4) is 0 Å². The molecule has 0 saturated carbocycles. The summed E-state index contributed by atoms with van der Waals surface area (Å²) in [5.41, 5.74) is 0.326. The lowest BCUT2D eigenvalue weighted by Gasteiger charge is -1.94. The molecule has 64 valence electrons. The summed E-state index contributed by atoms with van der Waals surface area (Å²) in [4.78, 5) is 7.65. The first-order valence-electron chi connectivity index (χ1n) is 3.76. The van der Waals surface area contributed by atoms with Crippen LogP contribution in [0.5, 0.6) is 0 Å². The van der Waals surface area contributed by atoms with Crippen LogP contribution >= 0.6 is 0 Å². The number of nitrogens with zero attached hydrogens (tertiary/aromatic N) is 3. The Morgan fingerprint density at radius 1 is 1.42 bits per heavy atom. The van der Waals surface area contributed by atoms with Crippen LogP contribution in [-0.4, -0.2) is 17.0 Å². The van der Waals surface area contributed by atoms with E-state index in [4.69, 9.17) is 5.26 Å². The molecule has 0 aliphatic rings. The third-order valence-electron chi connectivity index (χ3n) is 1.01. The first-order chi connectivity index (χ1) is 5.86. The second-order valence-electron chi connectivity index (χ2n) is 1.65. The Bertz CT molecular complexity index is 264. The summed E-state index contributed by atoms with van der Waals surface area (Å²) in [5, 5.41) is 11.2. The molecule has 1 aromatic rings. The molecule has 1 aromatic heterocycles. The van der Waals surface area contributed by atoms with Crippen LogP contribution in [0.25, 0.3) is 0 Å². The quantitative estimate of drug-likeness (QED) is 0.681. The van der Waals surface area contributed by atoms with Crippen molar-refractivity contribution in [3.63, 3.8) is 0 Å². The molecule has 0 radical (unpaired) electrons. The Hall–Kier alpha value is -1.63. The second-order valence-corrected chi connectivity index (χ2v) is 1.65. The number of aromatic nitrogens is 2. The SMILES string of the molecule is CC.CNc1cncc(C#N)n1. The maximum absolute atomic E-state index is 8.38. The molecule has 0 aliphatic carbocycles. The van der Waals surface area contributed by atoms with Crippen molar-refractivity contribution >= 4 is 5.82 Å². The highest BCUT2D eigenvalue weighted by Crippen LogP contribution is 1.97. The fourth-order valence-electron chi connectivity index (χ4n) is 0.540. The summed E-state index contributed by atoms with van der Waals surface area (Å²) < 4.78 is 0. The third-order valence-corrected chi connectivity index (χ3v) is 1.01. The van der Waals surface area contributed by atoms with Gasteiger partial charge in [-0.15, -0.1) is 0 Å². The predicted octanol–water partition coefficient (Wildman–Crippen LogP) is 1.42. The van der Waals surface area contributed by atoms with Crippen LogP contribution in [0.4, 0.5) is 5.82 Å². The molecule has 1 rings (SSSR count). The Kier molecular flexibility index (Phi) is 5.28. The van der Waals surface area contributed by atoms with Gasteiger partial charge in [0.25, 0.3) is 0 Å². The maximum atomic E-state index is 8.38. The minimum absolute atomic E-state index is 0.326. The van der Waals surface area contributed by atoms with Crippen LogP contribution < -0.4 is 5.32 Å². The lowest BCUT2D eigenvalue weighted by atomic mass is 10.5. The fourth-order valence-corrected chi connectivity index (χ4v) is 0.540. The van der Waals surface area contributed by atoms with E-state index in [1.54, 1.807) is 13.2 Å². The predicted molar refractivity (Wildman–Crippen MR) is 47.6 cm³/mol. The van der Waals surface area contributed by atoms with E-state index >= 15 is 0 Å². The van der Waals surface area contributed by atoms with Gasteiger partial charge in [0.15, 0.2) is 5.69 Å². The van der Waals surface area contributed by atoms with Crippen LogP contribution in [-0.2, 0) is 0 Å². The zero-order valence-electron chi connectivity index (χ0n) is 7.50. The normalized spacial score (nSPS) is 7.50. The molecule has 0 unspecified atom stereocenters. The van der Waals surface area contributed by atoms with Gasteiger partial charge in [-0.25, -0.2) is 4.98 Å². The van der Waals surface area contributed by atoms with Gasteiger partial charge in [-0.05, 0) is 0 Å². The van der Waals surface area contributed by atoms with Crippen molar-refractivity contribution in [1.82, 2.24) is 9.97 Å². The minimum Gasteiger partial charge on any atom is -0.372 e. The number of nitriles is 1.